The lowest BCUT2D eigenvalue weighted by molar-refractivity contribution is -0.139. The number of carbonyl (C=O) groups excluding carboxylic acids is 2. The van der Waals surface area contributed by atoms with Gasteiger partial charge in [0.05, 0.1) is 22.9 Å². The Labute approximate surface area is 330 Å². The van der Waals surface area contributed by atoms with Crippen molar-refractivity contribution in [3.05, 3.63) is 105 Å². The van der Waals surface area contributed by atoms with Crippen LogP contribution in [0.25, 0.3) is 0 Å². The van der Waals surface area contributed by atoms with E-state index in [2.05, 4.69) is 38.5 Å². The molecule has 0 atom stereocenters. The molecule has 0 radical (unpaired) electrons. The number of hydroxylamine groups is 2. The predicted molar refractivity (Wildman–Crippen MR) is 199 cm³/mol. The maximum absolute atomic E-state index is 12.6. The number of sulfonamides is 2. The fourth-order valence-electron chi connectivity index (χ4n) is 4.08. The standard InChI is InChI=1S/C16H15BrN2O7S.C16H15IN2O7S/c2*17-11-1-3-12(4-2-11)26-13-5-7-14(8-6-13)27(24,25)19(10-16(21)22)9-15(20)18-23/h2*1-8,23H,9-10H2,(H,18,20)(H,21,22)/i;17-4. The lowest BCUT2D eigenvalue weighted by atomic mass is 10.3. The zero-order valence-electron chi connectivity index (χ0n) is 27.4. The summed E-state index contributed by atoms with van der Waals surface area (Å²) in [5, 5.41) is 34.9. The molecule has 288 valence electrons. The summed E-state index contributed by atoms with van der Waals surface area (Å²) >= 11 is 5.45. The molecule has 0 unspecified atom stereocenters. The first-order valence-electron chi connectivity index (χ1n) is 14.8. The van der Waals surface area contributed by atoms with E-state index in [1.807, 2.05) is 12.1 Å². The number of hydrogen-bond acceptors (Lipinski definition) is 12. The van der Waals surface area contributed by atoms with Gasteiger partial charge < -0.3 is 19.7 Å². The van der Waals surface area contributed by atoms with Crippen molar-refractivity contribution in [2.24, 2.45) is 0 Å². The van der Waals surface area contributed by atoms with Gasteiger partial charge >= 0.3 is 11.9 Å². The molecule has 54 heavy (non-hydrogen) atoms. The monoisotopic (exact) mass is 960 g/mol. The number of carboxylic acids is 2. The van der Waals surface area contributed by atoms with Crippen LogP contribution in [0.5, 0.6) is 23.0 Å². The molecule has 0 saturated carbocycles. The molecular formula is C32H30BrIN4O14S2. The smallest absolute Gasteiger partial charge is 0.318 e. The van der Waals surface area contributed by atoms with Crippen LogP contribution in [0.15, 0.2) is 111 Å². The average Bonchev–Trinajstić information content (AvgIpc) is 3.13. The van der Waals surface area contributed by atoms with Crippen molar-refractivity contribution >= 4 is 82.3 Å². The van der Waals surface area contributed by atoms with Crippen LogP contribution in [0.1, 0.15) is 0 Å². The van der Waals surface area contributed by atoms with Gasteiger partial charge in [0, 0.05) is 8.04 Å². The number of hydrogen-bond donors (Lipinski definition) is 6. The third kappa shape index (κ3) is 13.3. The minimum atomic E-state index is -4.28. The molecule has 2 amide bonds. The zero-order chi connectivity index (χ0) is 40.1. The number of nitrogens with one attached hydrogen (secondary N) is 2. The summed E-state index contributed by atoms with van der Waals surface area (Å²) < 4.78 is 64.3. The molecule has 0 fully saturated rings. The topological polar surface area (TPSA) is 266 Å². The quantitative estimate of drug-likeness (QED) is 0.0534. The number of nitrogens with zero attached hydrogens (tertiary/aromatic N) is 2. The van der Waals surface area contributed by atoms with Crippen LogP contribution in [-0.4, -0.2) is 96.0 Å². The van der Waals surface area contributed by atoms with Crippen molar-refractivity contribution in [1.82, 2.24) is 19.6 Å². The number of carbonyl (C=O) groups is 4. The maximum Gasteiger partial charge on any atom is 0.318 e. The van der Waals surface area contributed by atoms with E-state index in [0.29, 0.717) is 31.6 Å². The Morgan fingerprint density at radius 1 is 0.556 bits per heavy atom. The highest BCUT2D eigenvalue weighted by molar-refractivity contribution is 14.1. The van der Waals surface area contributed by atoms with Crippen LogP contribution < -0.4 is 20.4 Å². The molecule has 0 aromatic heterocycles. The Balaban J connectivity index is 0.000000290. The zero-order valence-corrected chi connectivity index (χ0v) is 32.8. The molecule has 4 aromatic rings. The third-order valence-corrected chi connectivity index (χ3v) is 11.4. The summed E-state index contributed by atoms with van der Waals surface area (Å²) in [6.07, 6.45) is 0. The molecule has 6 N–H and O–H groups in total. The number of rotatable bonds is 16. The van der Waals surface area contributed by atoms with Crippen LogP contribution in [0.3, 0.4) is 0 Å². The van der Waals surface area contributed by atoms with Gasteiger partial charge in [-0.1, -0.05) is 15.9 Å². The van der Waals surface area contributed by atoms with Crippen LogP contribution in [-0.2, 0) is 39.2 Å². The number of amides is 2. The lowest BCUT2D eigenvalue weighted by Crippen LogP contribution is -2.42. The van der Waals surface area contributed by atoms with Gasteiger partial charge in [-0.3, -0.25) is 29.6 Å². The molecule has 4 aromatic carbocycles. The summed E-state index contributed by atoms with van der Waals surface area (Å²) in [6.45, 7) is -3.56. The summed E-state index contributed by atoms with van der Waals surface area (Å²) in [5.41, 5.74) is 2.55. The Hall–Kier alpha value is -4.69. The van der Waals surface area contributed by atoms with Crippen molar-refractivity contribution < 1.29 is 66.1 Å². The van der Waals surface area contributed by atoms with Gasteiger partial charge in [0.2, 0.25) is 20.0 Å². The largest absolute Gasteiger partial charge is 0.480 e. The van der Waals surface area contributed by atoms with E-state index in [-0.39, 0.29) is 9.79 Å². The van der Waals surface area contributed by atoms with Gasteiger partial charge in [-0.05, 0) is 120 Å². The first-order valence-corrected chi connectivity index (χ1v) is 19.6. The molecule has 0 aliphatic heterocycles. The second-order valence-electron chi connectivity index (χ2n) is 10.5. The minimum absolute atomic E-state index is 0.218. The third-order valence-electron chi connectivity index (χ3n) is 6.53. The first-order chi connectivity index (χ1) is 25.4. The molecule has 0 aliphatic rings. The average molecular weight is 962 g/mol. The maximum atomic E-state index is 12.6. The molecule has 0 bridgehead atoms. The molecule has 0 aliphatic carbocycles. The van der Waals surface area contributed by atoms with Crippen molar-refractivity contribution in [3.8, 4) is 23.0 Å². The van der Waals surface area contributed by atoms with Crippen LogP contribution in [0.4, 0.5) is 0 Å². The summed E-state index contributed by atoms with van der Waals surface area (Å²) in [6, 6.07) is 24.8. The van der Waals surface area contributed by atoms with E-state index in [4.69, 9.17) is 30.1 Å². The minimum Gasteiger partial charge on any atom is -0.480 e. The molecular weight excluding hydrogens is 931 g/mol. The van der Waals surface area contributed by atoms with E-state index in [1.165, 1.54) is 59.5 Å². The number of aliphatic carboxylic acids is 2. The summed E-state index contributed by atoms with van der Waals surface area (Å²) in [5.74, 6) is -3.14. The normalized spacial score (nSPS) is 11.2. The van der Waals surface area contributed by atoms with Gasteiger partial charge in [-0.25, -0.2) is 27.8 Å². The highest BCUT2D eigenvalue weighted by Crippen LogP contribution is 2.27. The second-order valence-corrected chi connectivity index (χ2v) is 16.5. The molecule has 0 saturated heterocycles. The van der Waals surface area contributed by atoms with E-state index in [9.17, 15) is 36.0 Å². The number of ether oxygens (including phenoxy) is 2. The van der Waals surface area contributed by atoms with Crippen molar-refractivity contribution in [2.75, 3.05) is 26.2 Å². The van der Waals surface area contributed by atoms with E-state index in [1.54, 1.807) is 36.4 Å². The summed E-state index contributed by atoms with van der Waals surface area (Å²) in [4.78, 5) is 44.0. The number of carboxylic acid groups (broad SMARTS) is 2. The molecule has 22 heteroatoms. The van der Waals surface area contributed by atoms with Gasteiger partial charge in [-0.15, -0.1) is 0 Å². The lowest BCUT2D eigenvalue weighted by Gasteiger charge is -2.19. The number of benzene rings is 4. The Morgan fingerprint density at radius 2 is 0.852 bits per heavy atom. The predicted octanol–water partition coefficient (Wildman–Crippen LogP) is 3.49. The van der Waals surface area contributed by atoms with Crippen molar-refractivity contribution in [3.63, 3.8) is 0 Å². The molecule has 4 rings (SSSR count). The van der Waals surface area contributed by atoms with Crippen LogP contribution in [0, 0.1) is 3.57 Å². The highest BCUT2D eigenvalue weighted by atomic mass is 123. The van der Waals surface area contributed by atoms with Gasteiger partial charge in [0.25, 0.3) is 11.8 Å². The number of halogens is 2. The van der Waals surface area contributed by atoms with Crippen molar-refractivity contribution in [2.45, 2.75) is 9.79 Å². The Kier molecular flexibility index (Phi) is 16.3. The van der Waals surface area contributed by atoms with E-state index in [0.717, 1.165) is 8.04 Å². The first kappa shape index (κ1) is 43.7. The Bertz CT molecular complexity index is 1990. The highest BCUT2D eigenvalue weighted by Gasteiger charge is 2.30. The van der Waals surface area contributed by atoms with Crippen LogP contribution >= 0.6 is 38.5 Å². The van der Waals surface area contributed by atoms with Gasteiger partial charge in [0.1, 0.15) is 36.1 Å². The fraction of sp³-hybridized carbons (Fsp3) is 0.125. The fourth-order valence-corrected chi connectivity index (χ4v) is 7.39. The van der Waals surface area contributed by atoms with Gasteiger partial charge in [0.15, 0.2) is 0 Å². The molecule has 0 spiro atoms. The SMILES string of the molecule is O=C(O)CN(CC(=O)NO)S(=O)(=O)c1ccc(Oc2ccc(Br)cc2)cc1.O=C(O)CN(CC(=O)NO)S(=O)(=O)c1ccc(Oc2ccc([123I])cc2)cc1. The second kappa shape index (κ2) is 20.1. The summed E-state index contributed by atoms with van der Waals surface area (Å²) in [7, 11) is -8.55. The van der Waals surface area contributed by atoms with E-state index < -0.39 is 70.0 Å². The molecule has 0 heterocycles. The van der Waals surface area contributed by atoms with Crippen molar-refractivity contribution in [1.29, 1.82) is 0 Å². The Morgan fingerprint density at radius 3 is 1.15 bits per heavy atom. The van der Waals surface area contributed by atoms with Crippen LogP contribution in [0.2, 0.25) is 0 Å². The van der Waals surface area contributed by atoms with E-state index >= 15 is 0 Å². The molecule has 18 nitrogen and oxygen atoms in total. The van der Waals surface area contributed by atoms with Gasteiger partial charge in [-0.2, -0.15) is 8.61 Å².